The summed E-state index contributed by atoms with van der Waals surface area (Å²) in [5.74, 6) is -2.43. The number of carbonyl (C=O) groups excluding carboxylic acids is 1. The van der Waals surface area contributed by atoms with Gasteiger partial charge < -0.3 is 4.90 Å². The van der Waals surface area contributed by atoms with Crippen LogP contribution in [0.3, 0.4) is 0 Å². The number of halogens is 3. The number of benzene rings is 2. The number of hydrogen-bond acceptors (Lipinski definition) is 6. The van der Waals surface area contributed by atoms with Crippen LogP contribution in [0, 0.1) is 11.6 Å². The van der Waals surface area contributed by atoms with Crippen molar-refractivity contribution in [3.8, 4) is 0 Å². The van der Waals surface area contributed by atoms with Crippen molar-refractivity contribution in [3.05, 3.63) is 53.6 Å². The molecule has 0 aliphatic heterocycles. The maximum absolute atomic E-state index is 14.2. The lowest BCUT2D eigenvalue weighted by atomic mass is 10.2. The molecule has 0 spiro atoms. The van der Waals surface area contributed by atoms with E-state index in [0.717, 1.165) is 29.7 Å². The SMILES string of the molecule is CN(C)CCN(C(=O)c1ccc(F)cc1F)c1nc2c(S(C)(=O)=O)cccc2s1.Cl. The molecule has 0 radical (unpaired) electrons. The summed E-state index contributed by atoms with van der Waals surface area (Å²) in [6.45, 7) is 0.653. The molecule has 3 rings (SSSR count). The summed E-state index contributed by atoms with van der Waals surface area (Å²) in [5.41, 5.74) is -0.0232. The van der Waals surface area contributed by atoms with E-state index in [1.54, 1.807) is 12.1 Å². The van der Waals surface area contributed by atoms with Crippen molar-refractivity contribution in [3.63, 3.8) is 0 Å². The highest BCUT2D eigenvalue weighted by Crippen LogP contribution is 2.33. The van der Waals surface area contributed by atoms with Gasteiger partial charge >= 0.3 is 0 Å². The number of rotatable bonds is 6. The largest absolute Gasteiger partial charge is 0.308 e. The van der Waals surface area contributed by atoms with E-state index in [4.69, 9.17) is 0 Å². The molecule has 3 aromatic rings. The molecule has 0 unspecified atom stereocenters. The van der Waals surface area contributed by atoms with Crippen molar-refractivity contribution in [1.29, 1.82) is 0 Å². The highest BCUT2D eigenvalue weighted by atomic mass is 35.5. The van der Waals surface area contributed by atoms with Gasteiger partial charge in [-0.25, -0.2) is 22.2 Å². The minimum Gasteiger partial charge on any atom is -0.308 e. The van der Waals surface area contributed by atoms with Gasteiger partial charge in [0.1, 0.15) is 17.2 Å². The van der Waals surface area contributed by atoms with E-state index in [1.807, 2.05) is 19.0 Å². The Morgan fingerprint density at radius 3 is 2.43 bits per heavy atom. The predicted molar refractivity (Wildman–Crippen MR) is 117 cm³/mol. The van der Waals surface area contributed by atoms with Crippen LogP contribution in [0.2, 0.25) is 0 Å². The zero-order valence-electron chi connectivity index (χ0n) is 16.4. The number of carbonyl (C=O) groups is 1. The van der Waals surface area contributed by atoms with Gasteiger partial charge in [-0.15, -0.1) is 12.4 Å². The molecule has 0 atom stereocenters. The average molecular weight is 476 g/mol. The fraction of sp³-hybridized carbons (Fsp3) is 0.263. The molecule has 0 aliphatic rings. The molecule has 2 aromatic carbocycles. The third-order valence-corrected chi connectivity index (χ3v) is 6.35. The van der Waals surface area contributed by atoms with Crippen molar-refractivity contribution < 1.29 is 22.0 Å². The first kappa shape index (κ1) is 24.1. The van der Waals surface area contributed by atoms with Crippen molar-refractivity contribution in [2.75, 3.05) is 38.3 Å². The minimum absolute atomic E-state index is 0. The Hall–Kier alpha value is -2.14. The molecule has 0 bridgehead atoms. The monoisotopic (exact) mass is 475 g/mol. The van der Waals surface area contributed by atoms with Crippen molar-refractivity contribution in [1.82, 2.24) is 9.88 Å². The second-order valence-electron chi connectivity index (χ2n) is 6.76. The average Bonchev–Trinajstić information content (AvgIpc) is 3.04. The number of para-hydroxylation sites is 1. The second kappa shape index (κ2) is 9.34. The highest BCUT2D eigenvalue weighted by Gasteiger charge is 2.25. The summed E-state index contributed by atoms with van der Waals surface area (Å²) in [6, 6.07) is 7.51. The topological polar surface area (TPSA) is 70.6 Å². The van der Waals surface area contributed by atoms with E-state index in [2.05, 4.69) is 4.98 Å². The Kier molecular flexibility index (Phi) is 7.51. The zero-order valence-corrected chi connectivity index (χ0v) is 18.9. The number of sulfone groups is 1. The summed E-state index contributed by atoms with van der Waals surface area (Å²) >= 11 is 1.13. The molecule has 1 amide bonds. The molecule has 0 fully saturated rings. The summed E-state index contributed by atoms with van der Waals surface area (Å²) in [7, 11) is 0.121. The van der Waals surface area contributed by atoms with Crippen LogP contribution in [-0.4, -0.2) is 57.6 Å². The first-order chi connectivity index (χ1) is 13.6. The lowest BCUT2D eigenvalue weighted by Crippen LogP contribution is -2.37. The van der Waals surface area contributed by atoms with E-state index >= 15 is 0 Å². The number of nitrogens with zero attached hydrogens (tertiary/aromatic N) is 3. The van der Waals surface area contributed by atoms with Crippen LogP contribution >= 0.6 is 23.7 Å². The molecule has 0 aliphatic carbocycles. The molecule has 0 saturated heterocycles. The van der Waals surface area contributed by atoms with Crippen LogP contribution < -0.4 is 4.90 Å². The lowest BCUT2D eigenvalue weighted by molar-refractivity contribution is 0.0981. The summed E-state index contributed by atoms with van der Waals surface area (Å²) < 4.78 is 52.2. The van der Waals surface area contributed by atoms with Gasteiger partial charge in [0.2, 0.25) is 0 Å². The van der Waals surface area contributed by atoms with Crippen LogP contribution in [0.15, 0.2) is 41.3 Å². The Morgan fingerprint density at radius 1 is 1.13 bits per heavy atom. The Labute approximate surface area is 183 Å². The Morgan fingerprint density at radius 2 is 1.83 bits per heavy atom. The third kappa shape index (κ3) is 5.12. The smallest absolute Gasteiger partial charge is 0.263 e. The molecule has 0 saturated carbocycles. The van der Waals surface area contributed by atoms with Gasteiger partial charge in [-0.05, 0) is 38.4 Å². The number of likely N-dealkylation sites (N-methyl/N-ethyl adjacent to an activating group) is 1. The maximum Gasteiger partial charge on any atom is 0.263 e. The standard InChI is InChI=1S/C19H19F2N3O3S2.ClH/c1-23(2)9-10-24(18(25)13-8-7-12(20)11-14(13)21)19-22-17-15(28-19)5-4-6-16(17)29(3,26)27;/h4-8,11H,9-10H2,1-3H3;1H. The van der Waals surface area contributed by atoms with E-state index in [9.17, 15) is 22.0 Å². The van der Waals surface area contributed by atoms with Crippen molar-refractivity contribution in [2.24, 2.45) is 0 Å². The van der Waals surface area contributed by atoms with Crippen LogP contribution in [-0.2, 0) is 9.84 Å². The van der Waals surface area contributed by atoms with Gasteiger partial charge in [0.25, 0.3) is 5.91 Å². The predicted octanol–water partition coefficient (Wildman–Crippen LogP) is 3.61. The first-order valence-electron chi connectivity index (χ1n) is 8.59. The Balaban J connectivity index is 0.00000320. The van der Waals surface area contributed by atoms with Crippen molar-refractivity contribution >= 4 is 54.8 Å². The van der Waals surface area contributed by atoms with Crippen LogP contribution in [0.4, 0.5) is 13.9 Å². The molecule has 0 N–H and O–H groups in total. The van der Waals surface area contributed by atoms with Crippen LogP contribution in [0.1, 0.15) is 10.4 Å². The quantitative estimate of drug-likeness (QED) is 0.544. The highest BCUT2D eigenvalue weighted by molar-refractivity contribution is 7.91. The molecular formula is C19H20ClF2N3O3S2. The molecule has 11 heteroatoms. The molecule has 1 heterocycles. The normalized spacial score (nSPS) is 11.5. The minimum atomic E-state index is -3.52. The van der Waals surface area contributed by atoms with Gasteiger partial charge in [0, 0.05) is 25.4 Å². The maximum atomic E-state index is 14.2. The number of thiazole rings is 1. The number of anilines is 1. The second-order valence-corrected chi connectivity index (χ2v) is 9.75. The molecule has 162 valence electrons. The third-order valence-electron chi connectivity index (χ3n) is 4.18. The number of aromatic nitrogens is 1. The number of hydrogen-bond donors (Lipinski definition) is 0. The summed E-state index contributed by atoms with van der Waals surface area (Å²) in [6.07, 6.45) is 1.09. The van der Waals surface area contributed by atoms with Gasteiger partial charge in [0.05, 0.1) is 15.2 Å². The van der Waals surface area contributed by atoms with E-state index in [1.165, 1.54) is 11.0 Å². The summed E-state index contributed by atoms with van der Waals surface area (Å²) in [5, 5.41) is 0.242. The fourth-order valence-corrected chi connectivity index (χ4v) is 4.63. The summed E-state index contributed by atoms with van der Waals surface area (Å²) in [4.78, 5) is 20.6. The van der Waals surface area contributed by atoms with E-state index < -0.39 is 27.4 Å². The molecule has 6 nitrogen and oxygen atoms in total. The fourth-order valence-electron chi connectivity index (χ4n) is 2.72. The van der Waals surface area contributed by atoms with Crippen molar-refractivity contribution in [2.45, 2.75) is 4.90 Å². The van der Waals surface area contributed by atoms with Gasteiger partial charge in [-0.1, -0.05) is 17.4 Å². The van der Waals surface area contributed by atoms with Gasteiger partial charge in [-0.2, -0.15) is 0 Å². The Bertz CT molecular complexity index is 1180. The molecule has 30 heavy (non-hydrogen) atoms. The first-order valence-corrected chi connectivity index (χ1v) is 11.3. The van der Waals surface area contributed by atoms with Crippen LogP contribution in [0.25, 0.3) is 10.2 Å². The van der Waals surface area contributed by atoms with E-state index in [0.29, 0.717) is 17.3 Å². The van der Waals surface area contributed by atoms with Gasteiger partial charge in [-0.3, -0.25) is 9.69 Å². The number of amides is 1. The van der Waals surface area contributed by atoms with E-state index in [-0.39, 0.29) is 40.1 Å². The molecular weight excluding hydrogens is 456 g/mol. The zero-order chi connectivity index (χ0) is 21.3. The van der Waals surface area contributed by atoms with Gasteiger partial charge in [0.15, 0.2) is 15.0 Å². The molecule has 1 aromatic heterocycles. The number of fused-ring (bicyclic) bond motifs is 1. The van der Waals surface area contributed by atoms with Crippen LogP contribution in [0.5, 0.6) is 0 Å². The lowest BCUT2D eigenvalue weighted by Gasteiger charge is -2.22.